The molecule has 1 aromatic heterocycles. The van der Waals surface area contributed by atoms with Gasteiger partial charge in [-0.2, -0.15) is 0 Å². The van der Waals surface area contributed by atoms with Crippen molar-refractivity contribution in [3.05, 3.63) is 36.0 Å². The number of carbonyl (C=O) groups excluding carboxylic acids is 2. The summed E-state index contributed by atoms with van der Waals surface area (Å²) in [5, 5.41) is 1.12. The van der Waals surface area contributed by atoms with Crippen LogP contribution in [-0.4, -0.2) is 35.4 Å². The number of esters is 1. The van der Waals surface area contributed by atoms with Gasteiger partial charge in [0.25, 0.3) is 0 Å². The second-order valence-corrected chi connectivity index (χ2v) is 5.06. The van der Waals surface area contributed by atoms with Crippen molar-refractivity contribution in [3.63, 3.8) is 0 Å². The van der Waals surface area contributed by atoms with Crippen molar-refractivity contribution in [2.24, 2.45) is 5.92 Å². The fourth-order valence-electron chi connectivity index (χ4n) is 2.74. The number of para-hydroxylation sites is 1. The van der Waals surface area contributed by atoms with Crippen molar-refractivity contribution in [1.29, 1.82) is 0 Å². The lowest BCUT2D eigenvalue weighted by molar-refractivity contribution is -0.145. The maximum absolute atomic E-state index is 12.0. The maximum Gasteiger partial charge on any atom is 0.310 e. The summed E-state index contributed by atoms with van der Waals surface area (Å²) < 4.78 is 4.71. The van der Waals surface area contributed by atoms with Gasteiger partial charge in [-0.25, -0.2) is 0 Å². The Bertz CT molecular complexity index is 662. The van der Waals surface area contributed by atoms with E-state index in [2.05, 4.69) is 4.98 Å². The van der Waals surface area contributed by atoms with E-state index in [0.717, 1.165) is 16.5 Å². The van der Waals surface area contributed by atoms with E-state index in [1.807, 2.05) is 30.5 Å². The van der Waals surface area contributed by atoms with Crippen LogP contribution in [0.25, 0.3) is 10.9 Å². The van der Waals surface area contributed by atoms with Crippen molar-refractivity contribution in [2.75, 3.05) is 13.7 Å². The van der Waals surface area contributed by atoms with Gasteiger partial charge in [-0.05, 0) is 17.0 Å². The minimum atomic E-state index is -0.338. The summed E-state index contributed by atoms with van der Waals surface area (Å²) in [5.41, 5.74) is 2.10. The van der Waals surface area contributed by atoms with Gasteiger partial charge in [-0.3, -0.25) is 9.59 Å². The number of amides is 1. The summed E-state index contributed by atoms with van der Waals surface area (Å²) in [6, 6.07) is 8.00. The third-order valence-corrected chi connectivity index (χ3v) is 3.78. The molecule has 1 aromatic carbocycles. The van der Waals surface area contributed by atoms with Gasteiger partial charge < -0.3 is 14.6 Å². The molecule has 5 heteroatoms. The number of aromatic nitrogens is 1. The Balaban J connectivity index is 1.80. The zero-order chi connectivity index (χ0) is 14.1. The van der Waals surface area contributed by atoms with Gasteiger partial charge in [-0.1, -0.05) is 18.2 Å². The SMILES string of the molecule is COC(=O)C1CC(=O)N(Cc2cccc3cc[nH]c23)C1. The molecule has 1 saturated heterocycles. The lowest BCUT2D eigenvalue weighted by Gasteiger charge is -2.16. The first kappa shape index (κ1) is 12.7. The van der Waals surface area contributed by atoms with Gasteiger partial charge >= 0.3 is 5.97 Å². The van der Waals surface area contributed by atoms with E-state index in [-0.39, 0.29) is 24.2 Å². The first-order valence-corrected chi connectivity index (χ1v) is 6.59. The predicted octanol–water partition coefficient (Wildman–Crippen LogP) is 1.69. The molecule has 2 heterocycles. The quantitative estimate of drug-likeness (QED) is 0.865. The molecule has 1 N–H and O–H groups in total. The zero-order valence-electron chi connectivity index (χ0n) is 11.3. The van der Waals surface area contributed by atoms with E-state index in [1.165, 1.54) is 7.11 Å². The fourth-order valence-corrected chi connectivity index (χ4v) is 2.74. The van der Waals surface area contributed by atoms with E-state index >= 15 is 0 Å². The Kier molecular flexibility index (Phi) is 3.18. The highest BCUT2D eigenvalue weighted by Crippen LogP contribution is 2.24. The molecular formula is C15H16N2O3. The Hall–Kier alpha value is -2.30. The Morgan fingerprint density at radius 1 is 1.45 bits per heavy atom. The number of hydrogen-bond acceptors (Lipinski definition) is 3. The average Bonchev–Trinajstić information content (AvgIpc) is 3.06. The van der Waals surface area contributed by atoms with Crippen LogP contribution in [-0.2, 0) is 20.9 Å². The number of fused-ring (bicyclic) bond motifs is 1. The number of carbonyl (C=O) groups is 2. The molecule has 0 saturated carbocycles. The van der Waals surface area contributed by atoms with E-state index in [0.29, 0.717) is 13.1 Å². The first-order valence-electron chi connectivity index (χ1n) is 6.59. The Morgan fingerprint density at radius 2 is 2.30 bits per heavy atom. The Labute approximate surface area is 116 Å². The molecule has 20 heavy (non-hydrogen) atoms. The molecule has 0 aliphatic carbocycles. The molecule has 0 bridgehead atoms. The summed E-state index contributed by atoms with van der Waals surface area (Å²) in [7, 11) is 1.36. The minimum Gasteiger partial charge on any atom is -0.469 e. The number of hydrogen-bond donors (Lipinski definition) is 1. The van der Waals surface area contributed by atoms with E-state index < -0.39 is 0 Å². The van der Waals surface area contributed by atoms with Crippen LogP contribution in [0.4, 0.5) is 0 Å². The molecule has 1 unspecified atom stereocenters. The van der Waals surface area contributed by atoms with Crippen LogP contribution < -0.4 is 0 Å². The standard InChI is InChI=1S/C15H16N2O3/c1-20-15(19)12-7-13(18)17(9-12)8-11-4-2-3-10-5-6-16-14(10)11/h2-6,12,16H,7-9H2,1H3. The van der Waals surface area contributed by atoms with Gasteiger partial charge in [0.15, 0.2) is 0 Å². The molecule has 1 aliphatic heterocycles. The summed E-state index contributed by atoms with van der Waals surface area (Å²) in [5.74, 6) is -0.641. The second kappa shape index (κ2) is 5.00. The molecule has 1 aliphatic rings. The molecule has 2 aromatic rings. The van der Waals surface area contributed by atoms with E-state index in [9.17, 15) is 9.59 Å². The Morgan fingerprint density at radius 3 is 3.10 bits per heavy atom. The van der Waals surface area contributed by atoms with Gasteiger partial charge in [0.05, 0.1) is 18.5 Å². The molecule has 104 valence electrons. The number of ether oxygens (including phenoxy) is 1. The molecule has 0 radical (unpaired) electrons. The number of rotatable bonds is 3. The van der Waals surface area contributed by atoms with Gasteiger partial charge in [0, 0.05) is 25.7 Å². The van der Waals surface area contributed by atoms with Crippen molar-refractivity contribution in [1.82, 2.24) is 9.88 Å². The second-order valence-electron chi connectivity index (χ2n) is 5.06. The number of nitrogens with zero attached hydrogens (tertiary/aromatic N) is 1. The van der Waals surface area contributed by atoms with Crippen LogP contribution in [0.1, 0.15) is 12.0 Å². The van der Waals surface area contributed by atoms with Crippen molar-refractivity contribution < 1.29 is 14.3 Å². The van der Waals surface area contributed by atoms with E-state index in [4.69, 9.17) is 4.74 Å². The number of aromatic amines is 1. The zero-order valence-corrected chi connectivity index (χ0v) is 11.3. The third-order valence-electron chi connectivity index (χ3n) is 3.78. The monoisotopic (exact) mass is 272 g/mol. The summed E-state index contributed by atoms with van der Waals surface area (Å²) >= 11 is 0. The van der Waals surface area contributed by atoms with Crippen LogP contribution in [0.3, 0.4) is 0 Å². The molecule has 5 nitrogen and oxygen atoms in total. The fraction of sp³-hybridized carbons (Fsp3) is 0.333. The number of methoxy groups -OCH3 is 1. The largest absolute Gasteiger partial charge is 0.469 e. The number of nitrogens with one attached hydrogen (secondary N) is 1. The number of likely N-dealkylation sites (tertiary alicyclic amines) is 1. The molecule has 1 atom stereocenters. The summed E-state index contributed by atoms with van der Waals surface area (Å²) in [6.07, 6.45) is 2.13. The number of benzene rings is 1. The first-order chi connectivity index (χ1) is 9.69. The van der Waals surface area contributed by atoms with Crippen LogP contribution in [0.15, 0.2) is 30.5 Å². The van der Waals surface area contributed by atoms with Crippen molar-refractivity contribution in [3.8, 4) is 0 Å². The smallest absolute Gasteiger partial charge is 0.310 e. The highest BCUT2D eigenvalue weighted by atomic mass is 16.5. The lowest BCUT2D eigenvalue weighted by atomic mass is 10.1. The molecule has 1 amide bonds. The maximum atomic E-state index is 12.0. The predicted molar refractivity (Wildman–Crippen MR) is 73.8 cm³/mol. The molecule has 1 fully saturated rings. The third kappa shape index (κ3) is 2.15. The number of H-pyrrole nitrogens is 1. The topological polar surface area (TPSA) is 62.4 Å². The summed E-state index contributed by atoms with van der Waals surface area (Å²) in [6.45, 7) is 0.951. The van der Waals surface area contributed by atoms with Gasteiger partial charge in [-0.15, -0.1) is 0 Å². The van der Waals surface area contributed by atoms with Crippen LogP contribution in [0, 0.1) is 5.92 Å². The van der Waals surface area contributed by atoms with Crippen LogP contribution >= 0.6 is 0 Å². The lowest BCUT2D eigenvalue weighted by Crippen LogP contribution is -2.26. The van der Waals surface area contributed by atoms with Crippen LogP contribution in [0.2, 0.25) is 0 Å². The molecular weight excluding hydrogens is 256 g/mol. The van der Waals surface area contributed by atoms with Crippen molar-refractivity contribution in [2.45, 2.75) is 13.0 Å². The summed E-state index contributed by atoms with van der Waals surface area (Å²) in [4.78, 5) is 28.4. The van der Waals surface area contributed by atoms with Gasteiger partial charge in [0.1, 0.15) is 0 Å². The molecule has 0 spiro atoms. The van der Waals surface area contributed by atoms with Crippen molar-refractivity contribution >= 4 is 22.8 Å². The van der Waals surface area contributed by atoms with E-state index in [1.54, 1.807) is 4.90 Å². The average molecular weight is 272 g/mol. The molecule has 3 rings (SSSR count). The normalized spacial score (nSPS) is 18.8. The minimum absolute atomic E-state index is 0.00367. The highest BCUT2D eigenvalue weighted by Gasteiger charge is 2.35. The van der Waals surface area contributed by atoms with Crippen LogP contribution in [0.5, 0.6) is 0 Å². The van der Waals surface area contributed by atoms with Gasteiger partial charge in [0.2, 0.25) is 5.91 Å². The highest BCUT2D eigenvalue weighted by molar-refractivity contribution is 5.87.